The average molecular weight is 252 g/mol. The summed E-state index contributed by atoms with van der Waals surface area (Å²) >= 11 is 1.91. The van der Waals surface area contributed by atoms with E-state index in [0.29, 0.717) is 6.42 Å². The summed E-state index contributed by atoms with van der Waals surface area (Å²) < 4.78 is 5.92. The molecule has 0 aliphatic carbocycles. The molecule has 0 saturated carbocycles. The van der Waals surface area contributed by atoms with Gasteiger partial charge in [-0.05, 0) is 30.2 Å². The Hall–Kier alpha value is -1.16. The van der Waals surface area contributed by atoms with Crippen LogP contribution in [0.5, 0.6) is 5.75 Å². The number of ether oxygens (including phenoxy) is 1. The summed E-state index contributed by atoms with van der Waals surface area (Å²) in [4.78, 5) is 10.6. The Bertz CT molecular complexity index is 386. The molecule has 1 fully saturated rings. The minimum absolute atomic E-state index is 0.153. The third-order valence-electron chi connectivity index (χ3n) is 2.76. The molecule has 1 heterocycles. The fourth-order valence-corrected chi connectivity index (χ4v) is 2.95. The molecule has 2 rings (SSSR count). The van der Waals surface area contributed by atoms with Gasteiger partial charge in [-0.2, -0.15) is 11.8 Å². The van der Waals surface area contributed by atoms with Crippen molar-refractivity contribution in [1.82, 2.24) is 0 Å². The van der Waals surface area contributed by atoms with Crippen molar-refractivity contribution in [3.05, 3.63) is 29.8 Å². The SMILES string of the molecule is O=C(O)CCc1ccccc1OC1CCSC1. The lowest BCUT2D eigenvalue weighted by atomic mass is 10.1. The highest BCUT2D eigenvalue weighted by Gasteiger charge is 2.18. The van der Waals surface area contributed by atoms with E-state index in [1.807, 2.05) is 36.0 Å². The van der Waals surface area contributed by atoms with E-state index in [1.54, 1.807) is 0 Å². The van der Waals surface area contributed by atoms with Crippen LogP contribution in [-0.2, 0) is 11.2 Å². The highest BCUT2D eigenvalue weighted by molar-refractivity contribution is 7.99. The van der Waals surface area contributed by atoms with Crippen molar-refractivity contribution in [3.8, 4) is 5.75 Å². The number of para-hydroxylation sites is 1. The fourth-order valence-electron chi connectivity index (χ4n) is 1.85. The molecule has 0 aromatic heterocycles. The van der Waals surface area contributed by atoms with Crippen molar-refractivity contribution >= 4 is 17.7 Å². The van der Waals surface area contributed by atoms with Gasteiger partial charge in [-0.25, -0.2) is 0 Å². The summed E-state index contributed by atoms with van der Waals surface area (Å²) in [6, 6.07) is 7.73. The van der Waals surface area contributed by atoms with Crippen LogP contribution in [0.25, 0.3) is 0 Å². The van der Waals surface area contributed by atoms with Gasteiger partial charge in [0.25, 0.3) is 0 Å². The Balaban J connectivity index is 2.01. The second kappa shape index (κ2) is 5.96. The van der Waals surface area contributed by atoms with Crippen molar-refractivity contribution in [1.29, 1.82) is 0 Å². The summed E-state index contributed by atoms with van der Waals surface area (Å²) in [7, 11) is 0. The summed E-state index contributed by atoms with van der Waals surface area (Å²) in [5.74, 6) is 2.27. The molecule has 17 heavy (non-hydrogen) atoms. The van der Waals surface area contributed by atoms with E-state index < -0.39 is 5.97 Å². The second-order valence-electron chi connectivity index (χ2n) is 4.10. The molecule has 0 amide bonds. The molecule has 0 spiro atoms. The van der Waals surface area contributed by atoms with Gasteiger partial charge in [-0.15, -0.1) is 0 Å². The molecule has 1 atom stereocenters. The molecule has 0 bridgehead atoms. The maximum atomic E-state index is 10.6. The van der Waals surface area contributed by atoms with Crippen LogP contribution >= 0.6 is 11.8 Å². The second-order valence-corrected chi connectivity index (χ2v) is 5.25. The highest BCUT2D eigenvalue weighted by atomic mass is 32.2. The number of benzene rings is 1. The summed E-state index contributed by atoms with van der Waals surface area (Å²) in [5.41, 5.74) is 0.992. The van der Waals surface area contributed by atoms with Crippen LogP contribution in [0, 0.1) is 0 Å². The molecule has 1 aliphatic heterocycles. The lowest BCUT2D eigenvalue weighted by Gasteiger charge is -2.15. The molecule has 3 nitrogen and oxygen atoms in total. The normalized spacial score (nSPS) is 19.2. The molecule has 1 N–H and O–H groups in total. The van der Waals surface area contributed by atoms with Gasteiger partial charge in [-0.3, -0.25) is 4.79 Å². The quantitative estimate of drug-likeness (QED) is 0.875. The fraction of sp³-hybridized carbons (Fsp3) is 0.462. The summed E-state index contributed by atoms with van der Waals surface area (Å²) in [5, 5.41) is 8.71. The minimum atomic E-state index is -0.767. The molecule has 0 radical (unpaired) electrons. The van der Waals surface area contributed by atoms with Gasteiger partial charge >= 0.3 is 5.97 Å². The summed E-state index contributed by atoms with van der Waals surface area (Å²) in [6.45, 7) is 0. The largest absolute Gasteiger partial charge is 0.489 e. The van der Waals surface area contributed by atoms with Crippen LogP contribution in [0.3, 0.4) is 0 Å². The molecule has 1 aliphatic rings. The van der Waals surface area contributed by atoms with Crippen molar-refractivity contribution in [3.63, 3.8) is 0 Å². The zero-order chi connectivity index (χ0) is 12.1. The van der Waals surface area contributed by atoms with Gasteiger partial charge in [0.15, 0.2) is 0 Å². The van der Waals surface area contributed by atoms with E-state index >= 15 is 0 Å². The van der Waals surface area contributed by atoms with Gasteiger partial charge in [0.1, 0.15) is 11.9 Å². The Morgan fingerprint density at radius 1 is 1.47 bits per heavy atom. The van der Waals surface area contributed by atoms with Crippen LogP contribution in [0.2, 0.25) is 0 Å². The summed E-state index contributed by atoms with van der Waals surface area (Å²) in [6.07, 6.45) is 2.05. The topological polar surface area (TPSA) is 46.5 Å². The molecule has 1 aromatic rings. The predicted molar refractivity (Wildman–Crippen MR) is 68.8 cm³/mol. The number of rotatable bonds is 5. The number of carboxylic acids is 1. The maximum absolute atomic E-state index is 10.6. The number of aryl methyl sites for hydroxylation is 1. The standard InChI is InChI=1S/C13H16O3S/c14-13(15)6-5-10-3-1-2-4-12(10)16-11-7-8-17-9-11/h1-4,11H,5-9H2,(H,14,15). The molecule has 4 heteroatoms. The molecule has 1 aromatic carbocycles. The van der Waals surface area contributed by atoms with Crippen LogP contribution in [0.1, 0.15) is 18.4 Å². The smallest absolute Gasteiger partial charge is 0.303 e. The van der Waals surface area contributed by atoms with Crippen molar-refractivity contribution in [2.24, 2.45) is 0 Å². The monoisotopic (exact) mass is 252 g/mol. The molecular formula is C13H16O3S. The van der Waals surface area contributed by atoms with Gasteiger partial charge in [0.05, 0.1) is 0 Å². The first-order valence-electron chi connectivity index (χ1n) is 5.80. The van der Waals surface area contributed by atoms with Crippen LogP contribution in [0.4, 0.5) is 0 Å². The van der Waals surface area contributed by atoms with Crippen molar-refractivity contribution < 1.29 is 14.6 Å². The molecule has 1 saturated heterocycles. The first-order chi connectivity index (χ1) is 8.25. The van der Waals surface area contributed by atoms with Gasteiger partial charge in [0, 0.05) is 12.2 Å². The Morgan fingerprint density at radius 2 is 2.29 bits per heavy atom. The van der Waals surface area contributed by atoms with Gasteiger partial charge in [0.2, 0.25) is 0 Å². The van der Waals surface area contributed by atoms with Crippen LogP contribution < -0.4 is 4.74 Å². The minimum Gasteiger partial charge on any atom is -0.489 e. The zero-order valence-electron chi connectivity index (χ0n) is 9.59. The number of hydrogen-bond donors (Lipinski definition) is 1. The van der Waals surface area contributed by atoms with Gasteiger partial charge in [-0.1, -0.05) is 18.2 Å². The van der Waals surface area contributed by atoms with E-state index in [0.717, 1.165) is 29.2 Å². The lowest BCUT2D eigenvalue weighted by molar-refractivity contribution is -0.136. The van der Waals surface area contributed by atoms with E-state index in [4.69, 9.17) is 9.84 Å². The van der Waals surface area contributed by atoms with E-state index in [9.17, 15) is 4.79 Å². The van der Waals surface area contributed by atoms with E-state index in [-0.39, 0.29) is 12.5 Å². The van der Waals surface area contributed by atoms with E-state index in [1.165, 1.54) is 0 Å². The first kappa shape index (κ1) is 12.3. The van der Waals surface area contributed by atoms with Crippen molar-refractivity contribution in [2.45, 2.75) is 25.4 Å². The Morgan fingerprint density at radius 3 is 3.00 bits per heavy atom. The van der Waals surface area contributed by atoms with Crippen molar-refractivity contribution in [2.75, 3.05) is 11.5 Å². The lowest BCUT2D eigenvalue weighted by Crippen LogP contribution is -2.15. The average Bonchev–Trinajstić information content (AvgIpc) is 2.80. The Kier molecular flexibility index (Phi) is 4.31. The number of hydrogen-bond acceptors (Lipinski definition) is 3. The van der Waals surface area contributed by atoms with Crippen LogP contribution in [0.15, 0.2) is 24.3 Å². The molecular weight excluding hydrogens is 236 g/mol. The number of carbonyl (C=O) groups is 1. The number of thioether (sulfide) groups is 1. The van der Waals surface area contributed by atoms with E-state index in [2.05, 4.69) is 0 Å². The Labute approximate surface area is 105 Å². The third kappa shape index (κ3) is 3.66. The van der Waals surface area contributed by atoms with Gasteiger partial charge < -0.3 is 9.84 Å². The maximum Gasteiger partial charge on any atom is 0.303 e. The first-order valence-corrected chi connectivity index (χ1v) is 6.95. The number of aliphatic carboxylic acids is 1. The third-order valence-corrected chi connectivity index (χ3v) is 3.89. The number of carboxylic acid groups (broad SMARTS) is 1. The molecule has 1 unspecified atom stereocenters. The predicted octanol–water partition coefficient (Wildman–Crippen LogP) is 2.59. The zero-order valence-corrected chi connectivity index (χ0v) is 10.4. The van der Waals surface area contributed by atoms with Crippen LogP contribution in [-0.4, -0.2) is 28.7 Å². The highest BCUT2D eigenvalue weighted by Crippen LogP contribution is 2.26. The molecule has 92 valence electrons.